The number of carbonyl (C=O) groups excluding carboxylic acids is 1. The number of hydrogen-bond acceptors (Lipinski definition) is 5. The van der Waals surface area contributed by atoms with Crippen molar-refractivity contribution in [3.8, 4) is 5.75 Å². The molecule has 1 fully saturated rings. The summed E-state index contributed by atoms with van der Waals surface area (Å²) < 4.78 is 11.0. The molecular weight excluding hydrogens is 402 g/mol. The van der Waals surface area contributed by atoms with Gasteiger partial charge in [0.2, 0.25) is 0 Å². The monoisotopic (exact) mass is 441 g/mol. The molecule has 3 rings (SSSR count). The molecule has 2 heterocycles. The molecule has 32 heavy (non-hydrogen) atoms. The van der Waals surface area contributed by atoms with Gasteiger partial charge in [0.1, 0.15) is 11.4 Å². The van der Waals surface area contributed by atoms with Gasteiger partial charge in [0, 0.05) is 43.1 Å². The zero-order chi connectivity index (χ0) is 23.3. The normalized spacial score (nSPS) is 18.0. The number of nitrogens with two attached hydrogens (primary N) is 1. The Hall–Kier alpha value is -2.63. The van der Waals surface area contributed by atoms with Crippen LogP contribution < -0.4 is 10.5 Å². The average molecular weight is 442 g/mol. The van der Waals surface area contributed by atoms with Crippen molar-refractivity contribution in [1.82, 2.24) is 9.80 Å². The predicted octanol–water partition coefficient (Wildman–Crippen LogP) is 5.31. The van der Waals surface area contributed by atoms with Crippen molar-refractivity contribution >= 4 is 17.5 Å². The molecule has 2 N–H and O–H groups in total. The number of hydrogen-bond donors (Lipinski definition) is 1. The summed E-state index contributed by atoms with van der Waals surface area (Å²) in [4.78, 5) is 16.6. The van der Waals surface area contributed by atoms with Gasteiger partial charge in [-0.3, -0.25) is 0 Å². The van der Waals surface area contributed by atoms with Crippen LogP contribution >= 0.6 is 0 Å². The summed E-state index contributed by atoms with van der Waals surface area (Å²) in [5, 5.41) is 0. The molecule has 6 nitrogen and oxygen atoms in total. The minimum absolute atomic E-state index is 0.193. The lowest BCUT2D eigenvalue weighted by Crippen LogP contribution is -2.42. The first-order chi connectivity index (χ1) is 15.2. The highest BCUT2D eigenvalue weighted by Crippen LogP contribution is 2.36. The maximum Gasteiger partial charge on any atom is 0.410 e. The first kappa shape index (κ1) is 24.0. The van der Waals surface area contributed by atoms with Crippen LogP contribution in [0.1, 0.15) is 58.4 Å². The molecule has 1 saturated heterocycles. The maximum absolute atomic E-state index is 12.3. The van der Waals surface area contributed by atoms with Crippen LogP contribution in [0.3, 0.4) is 0 Å². The summed E-state index contributed by atoms with van der Waals surface area (Å²) in [5.74, 6) is 1.41. The van der Waals surface area contributed by atoms with Crippen molar-refractivity contribution in [3.05, 3.63) is 42.0 Å². The van der Waals surface area contributed by atoms with Crippen LogP contribution in [-0.4, -0.2) is 54.8 Å². The van der Waals surface area contributed by atoms with Crippen LogP contribution in [0.15, 0.2) is 36.4 Å². The van der Waals surface area contributed by atoms with E-state index in [1.165, 1.54) is 11.3 Å². The third-order valence-corrected chi connectivity index (χ3v) is 6.33. The van der Waals surface area contributed by atoms with E-state index in [0.717, 1.165) is 75.3 Å². The Bertz CT molecular complexity index is 848. The lowest BCUT2D eigenvalue weighted by molar-refractivity contribution is 0.0179. The van der Waals surface area contributed by atoms with E-state index in [-0.39, 0.29) is 6.09 Å². The zero-order valence-corrected chi connectivity index (χ0v) is 20.2. The average Bonchev–Trinajstić information content (AvgIpc) is 2.77. The van der Waals surface area contributed by atoms with Crippen molar-refractivity contribution in [2.45, 2.75) is 58.5 Å². The second-order valence-electron chi connectivity index (χ2n) is 9.82. The number of methoxy groups -OCH3 is 1. The molecular formula is C26H39N3O3. The van der Waals surface area contributed by atoms with Crippen molar-refractivity contribution < 1.29 is 14.3 Å². The molecule has 1 amide bonds. The summed E-state index contributed by atoms with van der Waals surface area (Å²) in [6.07, 6.45) is 7.04. The predicted molar refractivity (Wildman–Crippen MR) is 130 cm³/mol. The van der Waals surface area contributed by atoms with E-state index in [4.69, 9.17) is 15.2 Å². The Balaban J connectivity index is 1.65. The number of benzene rings is 1. The molecule has 0 saturated carbocycles. The Kier molecular flexibility index (Phi) is 7.75. The maximum atomic E-state index is 12.3. The highest BCUT2D eigenvalue weighted by Gasteiger charge is 2.28. The van der Waals surface area contributed by atoms with Crippen LogP contribution in [0.4, 0.5) is 10.5 Å². The summed E-state index contributed by atoms with van der Waals surface area (Å²) >= 11 is 0. The molecule has 1 aromatic carbocycles. The molecule has 0 atom stereocenters. The van der Waals surface area contributed by atoms with E-state index in [0.29, 0.717) is 5.92 Å². The largest absolute Gasteiger partial charge is 0.497 e. The molecule has 0 radical (unpaired) electrons. The zero-order valence-electron chi connectivity index (χ0n) is 20.2. The van der Waals surface area contributed by atoms with Crippen molar-refractivity contribution in [1.29, 1.82) is 0 Å². The van der Waals surface area contributed by atoms with Gasteiger partial charge in [0.25, 0.3) is 0 Å². The van der Waals surface area contributed by atoms with Gasteiger partial charge in [0.05, 0.1) is 7.11 Å². The van der Waals surface area contributed by atoms with E-state index >= 15 is 0 Å². The van der Waals surface area contributed by atoms with Gasteiger partial charge < -0.3 is 25.0 Å². The van der Waals surface area contributed by atoms with Gasteiger partial charge in [-0.15, -0.1) is 0 Å². The number of nitrogens with zero attached hydrogens (tertiary/aromatic N) is 2. The molecule has 0 spiro atoms. The molecule has 0 aromatic heterocycles. The Morgan fingerprint density at radius 3 is 2.59 bits per heavy atom. The molecule has 2 aliphatic heterocycles. The van der Waals surface area contributed by atoms with E-state index in [1.807, 2.05) is 49.9 Å². The number of piperidine rings is 1. The number of likely N-dealkylation sites (tertiary alicyclic amines) is 1. The SMILES string of the molecule is C=CC1=C(c2cc(OC)ccc2N)N(CCC2CCN(C(=O)OC(C)(C)C)CC2)CCC1. The van der Waals surface area contributed by atoms with Crippen molar-refractivity contribution in [2.75, 3.05) is 39.0 Å². The van der Waals surface area contributed by atoms with Crippen LogP contribution in [0.25, 0.3) is 5.70 Å². The van der Waals surface area contributed by atoms with Crippen LogP contribution in [0.5, 0.6) is 5.75 Å². The van der Waals surface area contributed by atoms with E-state index in [9.17, 15) is 4.79 Å². The second-order valence-corrected chi connectivity index (χ2v) is 9.82. The standard InChI is InChI=1S/C26H39N3O3/c1-6-20-8-7-14-28(24(20)22-18-21(31-5)9-10-23(22)27)15-11-19-12-16-29(17-13-19)25(30)32-26(2,3)4/h6,9-10,18-19H,1,7-8,11-17,27H2,2-5H3. The van der Waals surface area contributed by atoms with Gasteiger partial charge in [-0.05, 0) is 82.6 Å². The second kappa shape index (κ2) is 10.3. The topological polar surface area (TPSA) is 68.0 Å². The summed E-state index contributed by atoms with van der Waals surface area (Å²) in [6, 6.07) is 5.85. The smallest absolute Gasteiger partial charge is 0.410 e. The third-order valence-electron chi connectivity index (χ3n) is 6.33. The van der Waals surface area contributed by atoms with Crippen molar-refractivity contribution in [3.63, 3.8) is 0 Å². The van der Waals surface area contributed by atoms with Gasteiger partial charge in [-0.25, -0.2) is 4.79 Å². The summed E-state index contributed by atoms with van der Waals surface area (Å²) in [5.41, 5.74) is 10.2. The molecule has 0 aliphatic carbocycles. The highest BCUT2D eigenvalue weighted by atomic mass is 16.6. The Labute approximate surface area is 193 Å². The Morgan fingerprint density at radius 2 is 1.97 bits per heavy atom. The number of carbonyl (C=O) groups is 1. The minimum atomic E-state index is -0.449. The number of allylic oxidation sites excluding steroid dienone is 2. The number of amides is 1. The quantitative estimate of drug-likeness (QED) is 0.606. The van der Waals surface area contributed by atoms with Crippen LogP contribution in [-0.2, 0) is 4.74 Å². The molecule has 2 aliphatic rings. The minimum Gasteiger partial charge on any atom is -0.497 e. The number of ether oxygens (including phenoxy) is 2. The van der Waals surface area contributed by atoms with Gasteiger partial charge in [-0.1, -0.05) is 12.7 Å². The van der Waals surface area contributed by atoms with E-state index < -0.39 is 5.60 Å². The number of anilines is 1. The van der Waals surface area contributed by atoms with Crippen LogP contribution in [0, 0.1) is 5.92 Å². The van der Waals surface area contributed by atoms with Gasteiger partial charge in [0.15, 0.2) is 0 Å². The third kappa shape index (κ3) is 5.99. The van der Waals surface area contributed by atoms with Gasteiger partial charge in [-0.2, -0.15) is 0 Å². The molecule has 1 aromatic rings. The fraction of sp³-hybridized carbons (Fsp3) is 0.577. The van der Waals surface area contributed by atoms with Crippen molar-refractivity contribution in [2.24, 2.45) is 5.92 Å². The molecule has 0 bridgehead atoms. The lowest BCUT2D eigenvalue weighted by atomic mass is 9.91. The first-order valence-corrected chi connectivity index (χ1v) is 11.7. The fourth-order valence-electron chi connectivity index (χ4n) is 4.60. The summed E-state index contributed by atoms with van der Waals surface area (Å²) in [6.45, 7) is 13.3. The fourth-order valence-corrected chi connectivity index (χ4v) is 4.60. The molecule has 176 valence electrons. The van der Waals surface area contributed by atoms with Gasteiger partial charge >= 0.3 is 6.09 Å². The lowest BCUT2D eigenvalue weighted by Gasteiger charge is -2.37. The van der Waals surface area contributed by atoms with Crippen LogP contribution in [0.2, 0.25) is 0 Å². The first-order valence-electron chi connectivity index (χ1n) is 11.7. The molecule has 6 heteroatoms. The van der Waals surface area contributed by atoms with E-state index in [1.54, 1.807) is 7.11 Å². The number of nitrogen functional groups attached to an aromatic ring is 1. The molecule has 0 unspecified atom stereocenters. The van der Waals surface area contributed by atoms with E-state index in [2.05, 4.69) is 11.5 Å². The highest BCUT2D eigenvalue weighted by molar-refractivity contribution is 5.79. The Morgan fingerprint density at radius 1 is 1.25 bits per heavy atom. The summed E-state index contributed by atoms with van der Waals surface area (Å²) in [7, 11) is 1.68. The number of rotatable bonds is 6.